The lowest BCUT2D eigenvalue weighted by molar-refractivity contribution is 0.413. The summed E-state index contributed by atoms with van der Waals surface area (Å²) in [6.07, 6.45) is 0. The Morgan fingerprint density at radius 2 is 1.69 bits per heavy atom. The Kier molecular flexibility index (Phi) is 3.34. The minimum atomic E-state index is 0.539. The fraction of sp³-hybridized carbons (Fsp3) is 0.538. The van der Waals surface area contributed by atoms with Gasteiger partial charge in [0.1, 0.15) is 5.75 Å². The summed E-state index contributed by atoms with van der Waals surface area (Å²) in [4.78, 5) is 2.47. The maximum absolute atomic E-state index is 5.18. The van der Waals surface area contributed by atoms with Crippen molar-refractivity contribution < 1.29 is 4.74 Å². The van der Waals surface area contributed by atoms with E-state index in [2.05, 4.69) is 36.2 Å². The number of rotatable bonds is 2. The first-order valence-corrected chi connectivity index (χ1v) is 5.85. The zero-order valence-electron chi connectivity index (χ0n) is 10.2. The van der Waals surface area contributed by atoms with Crippen LogP contribution in [-0.4, -0.2) is 32.3 Å². The second kappa shape index (κ2) is 4.74. The molecule has 16 heavy (non-hydrogen) atoms. The first-order valence-electron chi connectivity index (χ1n) is 5.85. The second-order valence-electron chi connectivity index (χ2n) is 4.46. The second-order valence-corrected chi connectivity index (χ2v) is 4.46. The topological polar surface area (TPSA) is 24.5 Å². The molecule has 0 spiro atoms. The lowest BCUT2D eigenvalue weighted by atomic mass is 10.1. The van der Waals surface area contributed by atoms with Gasteiger partial charge in [0.15, 0.2) is 0 Å². The number of ether oxygens (including phenoxy) is 1. The van der Waals surface area contributed by atoms with Gasteiger partial charge in [-0.15, -0.1) is 0 Å². The van der Waals surface area contributed by atoms with Crippen molar-refractivity contribution in [2.45, 2.75) is 25.9 Å². The lowest BCUT2D eigenvalue weighted by Gasteiger charge is -2.41. The Morgan fingerprint density at radius 1 is 1.12 bits per heavy atom. The molecule has 1 aliphatic heterocycles. The molecule has 3 heteroatoms. The Hall–Kier alpha value is -1.22. The highest BCUT2D eigenvalue weighted by Gasteiger charge is 2.24. The van der Waals surface area contributed by atoms with Crippen LogP contribution in [0, 0.1) is 0 Å². The smallest absolute Gasteiger partial charge is 0.119 e. The zero-order valence-corrected chi connectivity index (χ0v) is 10.2. The van der Waals surface area contributed by atoms with Gasteiger partial charge in [0.05, 0.1) is 7.11 Å². The van der Waals surface area contributed by atoms with Crippen molar-refractivity contribution >= 4 is 5.69 Å². The SMILES string of the molecule is COc1ccc(N2[C@@H](C)CNC[C@@H]2C)cc1. The third-order valence-electron chi connectivity index (χ3n) is 3.20. The highest BCUT2D eigenvalue weighted by atomic mass is 16.5. The van der Waals surface area contributed by atoms with Gasteiger partial charge in [0.25, 0.3) is 0 Å². The van der Waals surface area contributed by atoms with Gasteiger partial charge in [-0.1, -0.05) is 0 Å². The molecular weight excluding hydrogens is 200 g/mol. The average Bonchev–Trinajstić information content (AvgIpc) is 2.30. The summed E-state index contributed by atoms with van der Waals surface area (Å²) in [7, 11) is 1.70. The van der Waals surface area contributed by atoms with Gasteiger partial charge in [0, 0.05) is 30.9 Å². The van der Waals surface area contributed by atoms with E-state index in [-0.39, 0.29) is 0 Å². The fourth-order valence-electron chi connectivity index (χ4n) is 2.40. The molecule has 1 fully saturated rings. The van der Waals surface area contributed by atoms with Crippen molar-refractivity contribution in [3.63, 3.8) is 0 Å². The highest BCUT2D eigenvalue weighted by Crippen LogP contribution is 2.24. The molecule has 1 aromatic carbocycles. The Labute approximate surface area is 97.4 Å². The van der Waals surface area contributed by atoms with Crippen molar-refractivity contribution in [3.8, 4) is 5.75 Å². The summed E-state index contributed by atoms with van der Waals surface area (Å²) in [5.74, 6) is 0.916. The zero-order chi connectivity index (χ0) is 11.5. The van der Waals surface area contributed by atoms with Crippen LogP contribution in [-0.2, 0) is 0 Å². The molecule has 1 N–H and O–H groups in total. The molecule has 2 atom stereocenters. The molecule has 0 amide bonds. The third-order valence-corrected chi connectivity index (χ3v) is 3.20. The molecule has 0 radical (unpaired) electrons. The largest absolute Gasteiger partial charge is 0.497 e. The first kappa shape index (κ1) is 11.3. The minimum Gasteiger partial charge on any atom is -0.497 e. The van der Waals surface area contributed by atoms with Gasteiger partial charge in [-0.2, -0.15) is 0 Å². The summed E-state index contributed by atoms with van der Waals surface area (Å²) in [6, 6.07) is 9.40. The molecule has 88 valence electrons. The molecule has 1 aliphatic rings. The molecule has 2 rings (SSSR count). The summed E-state index contributed by atoms with van der Waals surface area (Å²) in [5.41, 5.74) is 1.28. The summed E-state index contributed by atoms with van der Waals surface area (Å²) in [5, 5.41) is 3.44. The van der Waals surface area contributed by atoms with E-state index >= 15 is 0 Å². The van der Waals surface area contributed by atoms with Crippen molar-refractivity contribution in [2.75, 3.05) is 25.1 Å². The fourth-order valence-corrected chi connectivity index (χ4v) is 2.40. The van der Waals surface area contributed by atoms with E-state index in [9.17, 15) is 0 Å². The van der Waals surface area contributed by atoms with E-state index in [4.69, 9.17) is 4.74 Å². The Bertz CT molecular complexity index is 326. The quantitative estimate of drug-likeness (QED) is 0.823. The molecule has 0 aromatic heterocycles. The molecule has 1 aromatic rings. The highest BCUT2D eigenvalue weighted by molar-refractivity contribution is 5.51. The molecular formula is C13H20N2O. The number of methoxy groups -OCH3 is 1. The van der Waals surface area contributed by atoms with E-state index in [0.29, 0.717) is 12.1 Å². The molecule has 1 saturated heterocycles. The number of hydrogen-bond acceptors (Lipinski definition) is 3. The van der Waals surface area contributed by atoms with E-state index in [1.807, 2.05) is 12.1 Å². The number of benzene rings is 1. The van der Waals surface area contributed by atoms with Crippen molar-refractivity contribution in [1.29, 1.82) is 0 Å². The van der Waals surface area contributed by atoms with Crippen LogP contribution >= 0.6 is 0 Å². The van der Waals surface area contributed by atoms with Gasteiger partial charge in [0.2, 0.25) is 0 Å². The van der Waals surface area contributed by atoms with Crippen LogP contribution in [0.3, 0.4) is 0 Å². The van der Waals surface area contributed by atoms with Gasteiger partial charge in [-0.3, -0.25) is 0 Å². The first-order chi connectivity index (χ1) is 7.72. The normalized spacial score (nSPS) is 25.6. The molecule has 0 unspecified atom stereocenters. The van der Waals surface area contributed by atoms with Crippen LogP contribution in [0.5, 0.6) is 5.75 Å². The monoisotopic (exact) mass is 220 g/mol. The Balaban J connectivity index is 2.20. The summed E-state index contributed by atoms with van der Waals surface area (Å²) in [6.45, 7) is 6.62. The number of nitrogens with zero attached hydrogens (tertiary/aromatic N) is 1. The van der Waals surface area contributed by atoms with Crippen molar-refractivity contribution in [3.05, 3.63) is 24.3 Å². The summed E-state index contributed by atoms with van der Waals surface area (Å²) < 4.78 is 5.18. The number of anilines is 1. The number of hydrogen-bond donors (Lipinski definition) is 1. The molecule has 0 aliphatic carbocycles. The maximum Gasteiger partial charge on any atom is 0.119 e. The lowest BCUT2D eigenvalue weighted by Crippen LogP contribution is -2.55. The molecule has 0 bridgehead atoms. The number of piperazine rings is 1. The van der Waals surface area contributed by atoms with Crippen LogP contribution in [0.1, 0.15) is 13.8 Å². The van der Waals surface area contributed by atoms with E-state index in [0.717, 1.165) is 18.8 Å². The maximum atomic E-state index is 5.18. The van der Waals surface area contributed by atoms with Crippen LogP contribution < -0.4 is 15.0 Å². The van der Waals surface area contributed by atoms with Crippen LogP contribution in [0.2, 0.25) is 0 Å². The van der Waals surface area contributed by atoms with Gasteiger partial charge >= 0.3 is 0 Å². The van der Waals surface area contributed by atoms with Crippen LogP contribution in [0.15, 0.2) is 24.3 Å². The molecule has 3 nitrogen and oxygen atoms in total. The molecule has 0 saturated carbocycles. The van der Waals surface area contributed by atoms with Crippen molar-refractivity contribution in [2.24, 2.45) is 0 Å². The predicted octanol–water partition coefficient (Wildman–Crippen LogP) is 1.88. The van der Waals surface area contributed by atoms with Crippen LogP contribution in [0.4, 0.5) is 5.69 Å². The predicted molar refractivity (Wildman–Crippen MR) is 67.3 cm³/mol. The Morgan fingerprint density at radius 3 is 2.19 bits per heavy atom. The van der Waals surface area contributed by atoms with E-state index in [1.54, 1.807) is 7.11 Å². The minimum absolute atomic E-state index is 0.539. The molecule has 1 heterocycles. The van der Waals surface area contributed by atoms with Gasteiger partial charge in [-0.05, 0) is 38.1 Å². The summed E-state index contributed by atoms with van der Waals surface area (Å²) >= 11 is 0. The van der Waals surface area contributed by atoms with E-state index < -0.39 is 0 Å². The third kappa shape index (κ3) is 2.14. The van der Waals surface area contributed by atoms with Crippen LogP contribution in [0.25, 0.3) is 0 Å². The van der Waals surface area contributed by atoms with Gasteiger partial charge < -0.3 is 15.0 Å². The standard InChI is InChI=1S/C13H20N2O/c1-10-8-14-9-11(2)15(10)12-4-6-13(16-3)7-5-12/h4-7,10-11,14H,8-9H2,1-3H3/t10-,11-/m0/s1. The van der Waals surface area contributed by atoms with Crippen molar-refractivity contribution in [1.82, 2.24) is 5.32 Å². The van der Waals surface area contributed by atoms with E-state index in [1.165, 1.54) is 5.69 Å². The van der Waals surface area contributed by atoms with Gasteiger partial charge in [-0.25, -0.2) is 0 Å². The number of nitrogens with one attached hydrogen (secondary N) is 1. The average molecular weight is 220 g/mol.